The van der Waals surface area contributed by atoms with Gasteiger partial charge >= 0.3 is 0 Å². The normalized spacial score (nSPS) is 11.9. The molecule has 0 saturated heterocycles. The van der Waals surface area contributed by atoms with E-state index in [4.69, 9.17) is 9.72 Å². The Labute approximate surface area is 293 Å². The summed E-state index contributed by atoms with van der Waals surface area (Å²) >= 11 is 0. The van der Waals surface area contributed by atoms with E-state index in [9.17, 15) is 0 Å². The maximum absolute atomic E-state index is 6.65. The molecular weight excluding hydrogens is 774 g/mol. The second-order valence-electron chi connectivity index (χ2n) is 11.7. The zero-order chi connectivity index (χ0) is 31.5. The third-order valence-corrected chi connectivity index (χ3v) is 8.87. The van der Waals surface area contributed by atoms with Gasteiger partial charge in [0.1, 0.15) is 5.82 Å². The van der Waals surface area contributed by atoms with Crippen molar-refractivity contribution in [1.29, 1.82) is 0 Å². The van der Waals surface area contributed by atoms with Gasteiger partial charge < -0.3 is 23.8 Å². The molecule has 0 atom stereocenters. The predicted octanol–water partition coefficient (Wildman–Crippen LogP) is 9.84. The van der Waals surface area contributed by atoms with Crippen LogP contribution in [0.3, 0.4) is 0 Å². The van der Waals surface area contributed by atoms with Crippen LogP contribution in [0.1, 0.15) is 11.4 Å². The Kier molecular flexibility index (Phi) is 7.38. The first-order valence-corrected chi connectivity index (χ1v) is 15.6. The molecule has 0 spiro atoms. The quantitative estimate of drug-likeness (QED) is 0.163. The van der Waals surface area contributed by atoms with E-state index in [1.54, 1.807) is 0 Å². The maximum atomic E-state index is 6.65. The topological polar surface area (TPSA) is 48.1 Å². The number of hydrogen-bond donors (Lipinski definition) is 0. The Morgan fingerprint density at radius 2 is 1.50 bits per heavy atom. The molecule has 0 unspecified atom stereocenters. The molecule has 236 valence electrons. The van der Waals surface area contributed by atoms with Crippen molar-refractivity contribution in [2.24, 2.45) is 0 Å². The van der Waals surface area contributed by atoms with Crippen LogP contribution in [0.5, 0.6) is 11.5 Å². The Hall–Kier alpha value is -5.58. The van der Waals surface area contributed by atoms with Crippen molar-refractivity contribution in [2.45, 2.75) is 13.8 Å². The number of benzene rings is 5. The fraction of sp³-hybridized carbons (Fsp3) is 0.0488. The number of fused-ring (bicyclic) bond motifs is 6. The van der Waals surface area contributed by atoms with Gasteiger partial charge in [-0.05, 0) is 60.1 Å². The minimum atomic E-state index is 0. The van der Waals surface area contributed by atoms with Crippen LogP contribution in [0.15, 0.2) is 128 Å². The van der Waals surface area contributed by atoms with E-state index >= 15 is 0 Å². The number of hydrogen-bond acceptors (Lipinski definition) is 4. The van der Waals surface area contributed by atoms with Crippen molar-refractivity contribution in [3.8, 4) is 39.8 Å². The van der Waals surface area contributed by atoms with Gasteiger partial charge in [0, 0.05) is 55.8 Å². The van der Waals surface area contributed by atoms with Gasteiger partial charge in [-0.25, -0.2) is 4.98 Å². The van der Waals surface area contributed by atoms with Crippen molar-refractivity contribution in [3.63, 3.8) is 0 Å². The molecular formula is C41H28N5OPt-3. The number of para-hydroxylation sites is 2. The largest absolute Gasteiger partial charge is 0.509 e. The van der Waals surface area contributed by atoms with Crippen LogP contribution >= 0.6 is 0 Å². The van der Waals surface area contributed by atoms with E-state index in [0.29, 0.717) is 11.5 Å². The molecule has 0 amide bonds. The third kappa shape index (κ3) is 4.88. The summed E-state index contributed by atoms with van der Waals surface area (Å²) in [6, 6.07) is 48.5. The minimum Gasteiger partial charge on any atom is -0.509 e. The predicted molar refractivity (Wildman–Crippen MR) is 187 cm³/mol. The Morgan fingerprint density at radius 3 is 2.35 bits per heavy atom. The number of aryl methyl sites for hydroxylation is 1. The second kappa shape index (κ2) is 11.9. The van der Waals surface area contributed by atoms with Crippen LogP contribution in [0.4, 0.5) is 11.4 Å². The first-order valence-electron chi connectivity index (χ1n) is 15.6. The molecule has 8 aromatic rings. The SMILES string of the molecule is Cc1nc2n(c1C)[CH-]N(c1[c-]c(Oc3[c-]c4c(cc3)c3ccccc3n4-c3ccccn3)cc(-c3ccccc3)c1)c1ccccc1-2.[Pt]. The third-order valence-electron chi connectivity index (χ3n) is 8.87. The summed E-state index contributed by atoms with van der Waals surface area (Å²) in [5.74, 6) is 2.95. The van der Waals surface area contributed by atoms with Gasteiger partial charge in [0.05, 0.1) is 0 Å². The van der Waals surface area contributed by atoms with Gasteiger partial charge in [0.15, 0.2) is 0 Å². The van der Waals surface area contributed by atoms with E-state index in [1.807, 2.05) is 42.6 Å². The molecule has 9 rings (SSSR count). The first-order chi connectivity index (χ1) is 23.1. The summed E-state index contributed by atoms with van der Waals surface area (Å²) in [5, 5.41) is 2.22. The molecule has 48 heavy (non-hydrogen) atoms. The zero-order valence-corrected chi connectivity index (χ0v) is 28.4. The van der Waals surface area contributed by atoms with Crippen LogP contribution < -0.4 is 9.64 Å². The van der Waals surface area contributed by atoms with Crippen LogP contribution in [0.25, 0.3) is 50.1 Å². The molecule has 5 aromatic carbocycles. The number of rotatable bonds is 5. The smallest absolute Gasteiger partial charge is 0.135 e. The van der Waals surface area contributed by atoms with Gasteiger partial charge in [-0.1, -0.05) is 96.6 Å². The zero-order valence-electron chi connectivity index (χ0n) is 26.2. The average molecular weight is 802 g/mol. The number of nitrogens with zero attached hydrogens (tertiary/aromatic N) is 5. The van der Waals surface area contributed by atoms with Crippen molar-refractivity contribution in [2.75, 3.05) is 4.90 Å². The van der Waals surface area contributed by atoms with E-state index in [2.05, 4.69) is 137 Å². The van der Waals surface area contributed by atoms with E-state index < -0.39 is 0 Å². The summed E-state index contributed by atoms with van der Waals surface area (Å²) in [6.45, 7) is 6.25. The summed E-state index contributed by atoms with van der Waals surface area (Å²) in [7, 11) is 0. The fourth-order valence-electron chi connectivity index (χ4n) is 6.49. The van der Waals surface area contributed by atoms with Crippen molar-refractivity contribution < 1.29 is 25.8 Å². The first kappa shape index (κ1) is 29.8. The number of anilines is 2. The maximum Gasteiger partial charge on any atom is 0.135 e. The summed E-state index contributed by atoms with van der Waals surface area (Å²) in [5.41, 5.74) is 9.13. The van der Waals surface area contributed by atoms with E-state index in [0.717, 1.165) is 72.9 Å². The molecule has 1 aliphatic rings. The van der Waals surface area contributed by atoms with Crippen LogP contribution in [0.2, 0.25) is 0 Å². The van der Waals surface area contributed by atoms with Gasteiger partial charge in [0.2, 0.25) is 0 Å². The van der Waals surface area contributed by atoms with E-state index in [1.165, 1.54) is 0 Å². The summed E-state index contributed by atoms with van der Waals surface area (Å²) in [4.78, 5) is 11.7. The van der Waals surface area contributed by atoms with Crippen LogP contribution in [-0.2, 0) is 21.1 Å². The van der Waals surface area contributed by atoms with Gasteiger partial charge in [-0.2, -0.15) is 6.07 Å². The standard InChI is InChI=1S/C41H28N5O.Pt/c1-27-28(2)44-26-45(37-16-8-7-15-36(37)41(44)43-27)31-22-30(29-12-4-3-5-13-29)23-33(24-31)47-32-19-20-35-34-14-6-9-17-38(34)46(39(35)25-32)40-18-10-11-21-42-40;/h3-23,26H,1-2H3;/q-3;. The molecule has 1 aliphatic heterocycles. The molecule has 0 saturated carbocycles. The molecule has 0 fully saturated rings. The molecule has 0 N–H and O–H groups in total. The van der Waals surface area contributed by atoms with Crippen molar-refractivity contribution in [3.05, 3.63) is 158 Å². The number of imidazole rings is 1. The number of aromatic nitrogens is 4. The molecule has 6 nitrogen and oxygen atoms in total. The Bertz CT molecular complexity index is 2450. The summed E-state index contributed by atoms with van der Waals surface area (Å²) < 4.78 is 10.9. The Morgan fingerprint density at radius 1 is 0.708 bits per heavy atom. The average Bonchev–Trinajstić information content (AvgIpc) is 3.61. The molecule has 0 aliphatic carbocycles. The minimum absolute atomic E-state index is 0. The van der Waals surface area contributed by atoms with Gasteiger partial charge in [-0.15, -0.1) is 41.3 Å². The summed E-state index contributed by atoms with van der Waals surface area (Å²) in [6.07, 6.45) is 1.81. The Balaban J connectivity index is 0.00000336. The molecule has 0 radical (unpaired) electrons. The van der Waals surface area contributed by atoms with Crippen LogP contribution in [-0.4, -0.2) is 19.1 Å². The van der Waals surface area contributed by atoms with Crippen molar-refractivity contribution in [1.82, 2.24) is 19.1 Å². The molecule has 7 heteroatoms. The molecule has 0 bridgehead atoms. The number of pyridine rings is 1. The molecule has 4 heterocycles. The fourth-order valence-corrected chi connectivity index (χ4v) is 6.49. The monoisotopic (exact) mass is 801 g/mol. The van der Waals surface area contributed by atoms with Gasteiger partial charge in [-0.3, -0.25) is 0 Å². The van der Waals surface area contributed by atoms with Crippen LogP contribution in [0, 0.1) is 32.6 Å². The molecule has 3 aromatic heterocycles. The van der Waals surface area contributed by atoms with E-state index in [-0.39, 0.29) is 21.1 Å². The van der Waals surface area contributed by atoms with Crippen molar-refractivity contribution >= 4 is 33.2 Å². The second-order valence-corrected chi connectivity index (χ2v) is 11.7. The van der Waals surface area contributed by atoms with Gasteiger partial charge in [0.25, 0.3) is 0 Å². The number of ether oxygens (including phenoxy) is 1.